The third kappa shape index (κ3) is 3.71. The highest BCUT2D eigenvalue weighted by atomic mass is 35.5. The molecule has 0 unspecified atom stereocenters. The number of nitrogen functional groups attached to an aromatic ring is 1. The summed E-state index contributed by atoms with van der Waals surface area (Å²) in [5.41, 5.74) is 6.89. The lowest BCUT2D eigenvalue weighted by molar-refractivity contribution is 0.0538. The molecular formula is C17H20ClN3O2S. The minimum atomic E-state index is -0.0674. The largest absolute Gasteiger partial charge is 0.398 e. The fourth-order valence-corrected chi connectivity index (χ4v) is 3.52. The van der Waals surface area contributed by atoms with Gasteiger partial charge in [-0.3, -0.25) is 9.59 Å². The van der Waals surface area contributed by atoms with Crippen LogP contribution in [0.15, 0.2) is 36.4 Å². The molecule has 0 saturated carbocycles. The number of halogens is 1. The first-order valence-corrected chi connectivity index (χ1v) is 8.37. The first-order chi connectivity index (χ1) is 11.1. The van der Waals surface area contributed by atoms with Crippen molar-refractivity contribution >= 4 is 41.2 Å². The van der Waals surface area contributed by atoms with E-state index >= 15 is 0 Å². The van der Waals surface area contributed by atoms with E-state index < -0.39 is 0 Å². The van der Waals surface area contributed by atoms with E-state index in [4.69, 9.17) is 5.73 Å². The average Bonchev–Trinajstić information content (AvgIpc) is 3.01. The molecule has 0 bridgehead atoms. The van der Waals surface area contributed by atoms with Gasteiger partial charge in [0, 0.05) is 36.7 Å². The Bertz CT molecular complexity index is 739. The maximum Gasteiger partial charge on any atom is 0.264 e. The van der Waals surface area contributed by atoms with E-state index in [-0.39, 0.29) is 24.2 Å². The van der Waals surface area contributed by atoms with E-state index in [1.807, 2.05) is 36.1 Å². The lowest BCUT2D eigenvalue weighted by Crippen LogP contribution is -2.50. The second-order valence-electron chi connectivity index (χ2n) is 5.58. The van der Waals surface area contributed by atoms with Crippen molar-refractivity contribution in [1.29, 1.82) is 0 Å². The summed E-state index contributed by atoms with van der Waals surface area (Å²) in [5.74, 6) is -0.0170. The summed E-state index contributed by atoms with van der Waals surface area (Å²) >= 11 is 1.51. The van der Waals surface area contributed by atoms with Crippen molar-refractivity contribution in [2.24, 2.45) is 0 Å². The third-order valence-corrected chi connectivity index (χ3v) is 4.99. The number of anilines is 1. The summed E-state index contributed by atoms with van der Waals surface area (Å²) in [5, 5.41) is 0. The Labute approximate surface area is 151 Å². The normalized spacial score (nSPS) is 14.2. The molecular weight excluding hydrogens is 346 g/mol. The van der Waals surface area contributed by atoms with Gasteiger partial charge in [0.25, 0.3) is 11.8 Å². The number of amides is 2. The molecule has 2 heterocycles. The zero-order chi connectivity index (χ0) is 16.4. The van der Waals surface area contributed by atoms with E-state index in [1.165, 1.54) is 11.3 Å². The molecule has 24 heavy (non-hydrogen) atoms. The average molecular weight is 366 g/mol. The highest BCUT2D eigenvalue weighted by molar-refractivity contribution is 7.13. The van der Waals surface area contributed by atoms with Crippen LogP contribution in [0.4, 0.5) is 5.69 Å². The van der Waals surface area contributed by atoms with Gasteiger partial charge in [0.15, 0.2) is 0 Å². The van der Waals surface area contributed by atoms with Crippen molar-refractivity contribution in [3.63, 3.8) is 0 Å². The number of rotatable bonds is 2. The zero-order valence-corrected chi connectivity index (χ0v) is 15.0. The molecule has 3 rings (SSSR count). The molecule has 2 N–H and O–H groups in total. The molecule has 1 aromatic heterocycles. The van der Waals surface area contributed by atoms with Gasteiger partial charge < -0.3 is 15.5 Å². The molecule has 128 valence electrons. The number of thiophene rings is 1. The number of hydrogen-bond acceptors (Lipinski definition) is 4. The van der Waals surface area contributed by atoms with Gasteiger partial charge in [0.2, 0.25) is 0 Å². The Kier molecular flexibility index (Phi) is 5.85. The molecule has 1 saturated heterocycles. The number of aryl methyl sites for hydroxylation is 1. The van der Waals surface area contributed by atoms with Crippen molar-refractivity contribution < 1.29 is 9.59 Å². The highest BCUT2D eigenvalue weighted by Crippen LogP contribution is 2.19. The van der Waals surface area contributed by atoms with Gasteiger partial charge in [-0.15, -0.1) is 23.7 Å². The van der Waals surface area contributed by atoms with Crippen LogP contribution in [0.5, 0.6) is 0 Å². The molecule has 1 aromatic carbocycles. The van der Waals surface area contributed by atoms with E-state index in [9.17, 15) is 9.59 Å². The number of benzene rings is 1. The number of nitrogens with two attached hydrogens (primary N) is 1. The molecule has 0 radical (unpaired) electrons. The Morgan fingerprint density at radius 2 is 1.54 bits per heavy atom. The van der Waals surface area contributed by atoms with Crippen molar-refractivity contribution in [3.05, 3.63) is 51.7 Å². The van der Waals surface area contributed by atoms with Crippen LogP contribution in [0.3, 0.4) is 0 Å². The molecule has 1 aliphatic rings. The van der Waals surface area contributed by atoms with Crippen molar-refractivity contribution in [1.82, 2.24) is 9.80 Å². The molecule has 2 aromatic rings. The van der Waals surface area contributed by atoms with Crippen LogP contribution < -0.4 is 5.73 Å². The van der Waals surface area contributed by atoms with Crippen LogP contribution in [0, 0.1) is 6.92 Å². The van der Waals surface area contributed by atoms with Crippen LogP contribution in [0.25, 0.3) is 0 Å². The summed E-state index contributed by atoms with van der Waals surface area (Å²) in [6, 6.07) is 10.9. The molecule has 0 aliphatic carbocycles. The van der Waals surface area contributed by atoms with Crippen LogP contribution in [0.1, 0.15) is 24.9 Å². The van der Waals surface area contributed by atoms with Crippen LogP contribution in [-0.4, -0.2) is 47.8 Å². The topological polar surface area (TPSA) is 66.6 Å². The molecule has 1 fully saturated rings. The van der Waals surface area contributed by atoms with E-state index in [0.29, 0.717) is 37.4 Å². The molecule has 1 aliphatic heterocycles. The fourth-order valence-electron chi connectivity index (χ4n) is 2.68. The summed E-state index contributed by atoms with van der Waals surface area (Å²) < 4.78 is 0. The van der Waals surface area contributed by atoms with Gasteiger partial charge in [0.1, 0.15) is 0 Å². The SMILES string of the molecule is Cc1ccc(C(=O)N2CCN(C(=O)c3ccccc3N)CC2)s1.Cl. The van der Waals surface area contributed by atoms with E-state index in [1.54, 1.807) is 17.0 Å². The second kappa shape index (κ2) is 7.68. The monoisotopic (exact) mass is 365 g/mol. The molecule has 5 nitrogen and oxygen atoms in total. The van der Waals surface area contributed by atoms with Crippen LogP contribution >= 0.6 is 23.7 Å². The number of nitrogens with zero attached hydrogens (tertiary/aromatic N) is 2. The lowest BCUT2D eigenvalue weighted by atomic mass is 10.1. The summed E-state index contributed by atoms with van der Waals surface area (Å²) in [7, 11) is 0. The Balaban J connectivity index is 0.00000208. The molecule has 0 spiro atoms. The highest BCUT2D eigenvalue weighted by Gasteiger charge is 2.26. The predicted octanol–water partition coefficient (Wildman–Crippen LogP) is 2.66. The standard InChI is InChI=1S/C17H19N3O2S.ClH/c1-12-6-7-15(23-12)17(22)20-10-8-19(9-11-20)16(21)13-4-2-3-5-14(13)18;/h2-7H,8-11,18H2,1H3;1H. The zero-order valence-electron chi connectivity index (χ0n) is 13.4. The fraction of sp³-hybridized carbons (Fsp3) is 0.294. The number of hydrogen-bond donors (Lipinski definition) is 1. The first kappa shape index (κ1) is 18.3. The first-order valence-electron chi connectivity index (χ1n) is 7.56. The van der Waals surface area contributed by atoms with Crippen molar-refractivity contribution in [3.8, 4) is 0 Å². The Morgan fingerprint density at radius 3 is 2.08 bits per heavy atom. The van der Waals surface area contributed by atoms with Gasteiger partial charge in [-0.25, -0.2) is 0 Å². The number of piperazine rings is 1. The van der Waals surface area contributed by atoms with Crippen molar-refractivity contribution in [2.45, 2.75) is 6.92 Å². The maximum atomic E-state index is 12.5. The predicted molar refractivity (Wildman–Crippen MR) is 99.0 cm³/mol. The Morgan fingerprint density at radius 1 is 0.958 bits per heavy atom. The number of carbonyl (C=O) groups is 2. The summed E-state index contributed by atoms with van der Waals surface area (Å²) in [4.78, 5) is 30.4. The van der Waals surface area contributed by atoms with E-state index in [2.05, 4.69) is 0 Å². The lowest BCUT2D eigenvalue weighted by Gasteiger charge is -2.34. The van der Waals surface area contributed by atoms with Crippen LogP contribution in [0.2, 0.25) is 0 Å². The van der Waals surface area contributed by atoms with Crippen molar-refractivity contribution in [2.75, 3.05) is 31.9 Å². The van der Waals surface area contributed by atoms with Gasteiger partial charge in [-0.05, 0) is 31.2 Å². The smallest absolute Gasteiger partial charge is 0.264 e. The molecule has 2 amide bonds. The molecule has 7 heteroatoms. The minimum absolute atomic E-state index is 0. The molecule has 0 atom stereocenters. The quantitative estimate of drug-likeness (QED) is 0.832. The number of para-hydroxylation sites is 1. The Hall–Kier alpha value is -2.05. The maximum absolute atomic E-state index is 12.5. The van der Waals surface area contributed by atoms with Gasteiger partial charge >= 0.3 is 0 Å². The van der Waals surface area contributed by atoms with E-state index in [0.717, 1.165) is 9.75 Å². The number of carbonyl (C=O) groups excluding carboxylic acids is 2. The van der Waals surface area contributed by atoms with Gasteiger partial charge in [-0.1, -0.05) is 12.1 Å². The van der Waals surface area contributed by atoms with Gasteiger partial charge in [0.05, 0.1) is 10.4 Å². The summed E-state index contributed by atoms with van der Waals surface area (Å²) in [6.07, 6.45) is 0. The third-order valence-electron chi connectivity index (χ3n) is 4.00. The summed E-state index contributed by atoms with van der Waals surface area (Å²) in [6.45, 7) is 4.15. The van der Waals surface area contributed by atoms with Gasteiger partial charge in [-0.2, -0.15) is 0 Å². The minimum Gasteiger partial charge on any atom is -0.398 e. The second-order valence-corrected chi connectivity index (χ2v) is 6.87. The van der Waals surface area contributed by atoms with Crippen LogP contribution in [-0.2, 0) is 0 Å².